The lowest BCUT2D eigenvalue weighted by molar-refractivity contribution is 0.102. The molecule has 0 aliphatic rings. The third-order valence-corrected chi connectivity index (χ3v) is 4.11. The number of aromatic amines is 2. The molecule has 128 valence electrons. The number of nitrogens with zero attached hydrogens (tertiary/aromatic N) is 3. The average Bonchev–Trinajstić information content (AvgIpc) is 3.08. The van der Waals surface area contributed by atoms with Crippen LogP contribution in [0.5, 0.6) is 5.88 Å². The number of rotatable bonds is 4. The van der Waals surface area contributed by atoms with Gasteiger partial charge in [0.1, 0.15) is 5.69 Å². The van der Waals surface area contributed by atoms with Gasteiger partial charge in [-0.15, -0.1) is 0 Å². The van der Waals surface area contributed by atoms with Crippen LogP contribution in [0, 0.1) is 0 Å². The van der Waals surface area contributed by atoms with Crippen molar-refractivity contribution in [2.75, 3.05) is 11.6 Å². The van der Waals surface area contributed by atoms with E-state index in [0.29, 0.717) is 22.0 Å². The first-order chi connectivity index (χ1) is 12.0. The van der Waals surface area contributed by atoms with Crippen LogP contribution in [-0.4, -0.2) is 42.6 Å². The highest BCUT2D eigenvalue weighted by Gasteiger charge is 2.19. The van der Waals surface area contributed by atoms with E-state index in [2.05, 4.69) is 30.7 Å². The summed E-state index contributed by atoms with van der Waals surface area (Å²) in [6, 6.07) is 4.73. The summed E-state index contributed by atoms with van der Waals surface area (Å²) >= 11 is 7.32. The Morgan fingerprint density at radius 1 is 1.40 bits per heavy atom. The quantitative estimate of drug-likeness (QED) is 0.402. The first-order valence-electron chi connectivity index (χ1n) is 6.84. The highest BCUT2D eigenvalue weighted by Crippen LogP contribution is 2.28. The number of aromatic hydroxyl groups is 1. The maximum absolute atomic E-state index is 12.3. The molecule has 1 aromatic carbocycles. The standard InChI is InChI=1S/C14H11ClN6O3S/c1-25-14-18-12(23)10(13(24)19-14)11(22)17-6-2-3-7(8(15)4-6)9-5-16-21-20-9/h2-5H,1H3,(H,17,22)(H,16,20,21)(H2,18,19,23,24). The molecule has 0 atom stereocenters. The second-order valence-electron chi connectivity index (χ2n) is 4.78. The van der Waals surface area contributed by atoms with Gasteiger partial charge in [0.15, 0.2) is 10.7 Å². The smallest absolute Gasteiger partial charge is 0.268 e. The summed E-state index contributed by atoms with van der Waals surface area (Å²) in [7, 11) is 0. The average molecular weight is 379 g/mol. The molecular formula is C14H11ClN6O3S. The van der Waals surface area contributed by atoms with Gasteiger partial charge in [0, 0.05) is 11.3 Å². The Morgan fingerprint density at radius 2 is 2.20 bits per heavy atom. The van der Waals surface area contributed by atoms with Crippen LogP contribution in [0.15, 0.2) is 34.3 Å². The monoisotopic (exact) mass is 378 g/mol. The maximum atomic E-state index is 12.3. The number of anilines is 1. The van der Waals surface area contributed by atoms with Crippen LogP contribution in [-0.2, 0) is 0 Å². The molecule has 2 heterocycles. The van der Waals surface area contributed by atoms with Gasteiger partial charge < -0.3 is 15.4 Å². The van der Waals surface area contributed by atoms with E-state index in [1.54, 1.807) is 18.4 Å². The predicted molar refractivity (Wildman–Crippen MR) is 93.1 cm³/mol. The number of hydrogen-bond acceptors (Lipinski definition) is 7. The molecule has 25 heavy (non-hydrogen) atoms. The van der Waals surface area contributed by atoms with Crippen molar-refractivity contribution in [2.45, 2.75) is 5.16 Å². The second-order valence-corrected chi connectivity index (χ2v) is 5.98. The van der Waals surface area contributed by atoms with Gasteiger partial charge in [0.05, 0.1) is 11.2 Å². The van der Waals surface area contributed by atoms with Gasteiger partial charge in [0.25, 0.3) is 11.5 Å². The number of H-pyrrole nitrogens is 2. The van der Waals surface area contributed by atoms with Crippen LogP contribution in [0.25, 0.3) is 11.3 Å². The minimum atomic E-state index is -0.802. The normalized spacial score (nSPS) is 10.6. The number of thioether (sulfide) groups is 1. The highest BCUT2D eigenvalue weighted by atomic mass is 35.5. The van der Waals surface area contributed by atoms with Crippen LogP contribution in [0.2, 0.25) is 5.02 Å². The summed E-state index contributed by atoms with van der Waals surface area (Å²) in [6.07, 6.45) is 3.19. The molecule has 0 spiro atoms. The Morgan fingerprint density at radius 3 is 2.80 bits per heavy atom. The van der Waals surface area contributed by atoms with E-state index in [-0.39, 0.29) is 5.16 Å². The van der Waals surface area contributed by atoms with Gasteiger partial charge in [0.2, 0.25) is 5.88 Å². The number of benzene rings is 1. The van der Waals surface area contributed by atoms with Gasteiger partial charge >= 0.3 is 0 Å². The highest BCUT2D eigenvalue weighted by molar-refractivity contribution is 7.98. The number of carbonyl (C=O) groups is 1. The molecule has 3 rings (SSSR count). The summed E-state index contributed by atoms with van der Waals surface area (Å²) < 4.78 is 0. The van der Waals surface area contributed by atoms with Crippen molar-refractivity contribution in [2.24, 2.45) is 0 Å². The molecule has 2 aromatic heterocycles. The van der Waals surface area contributed by atoms with Crippen molar-refractivity contribution < 1.29 is 9.90 Å². The Hall–Kier alpha value is -2.85. The van der Waals surface area contributed by atoms with E-state index in [9.17, 15) is 14.7 Å². The molecule has 0 bridgehead atoms. The number of hydrogen-bond donors (Lipinski definition) is 4. The molecule has 0 aliphatic carbocycles. The number of carbonyl (C=O) groups excluding carboxylic acids is 1. The van der Waals surface area contributed by atoms with Gasteiger partial charge in [-0.05, 0) is 24.5 Å². The molecule has 4 N–H and O–H groups in total. The van der Waals surface area contributed by atoms with Gasteiger partial charge in [-0.3, -0.25) is 9.59 Å². The van der Waals surface area contributed by atoms with Crippen LogP contribution < -0.4 is 10.9 Å². The van der Waals surface area contributed by atoms with E-state index in [4.69, 9.17) is 11.6 Å². The van der Waals surface area contributed by atoms with Crippen LogP contribution in [0.1, 0.15) is 10.4 Å². The van der Waals surface area contributed by atoms with E-state index < -0.39 is 22.9 Å². The zero-order chi connectivity index (χ0) is 18.0. The van der Waals surface area contributed by atoms with Gasteiger partial charge in [-0.1, -0.05) is 23.4 Å². The SMILES string of the molecule is CSc1nc(O)c(C(=O)Nc2ccc(-c3cn[nH]n3)c(Cl)c2)c(=O)[nH]1. The fraction of sp³-hybridized carbons (Fsp3) is 0.0714. The lowest BCUT2D eigenvalue weighted by Gasteiger charge is -2.08. The van der Waals surface area contributed by atoms with E-state index in [1.165, 1.54) is 12.3 Å². The Bertz CT molecular complexity index is 989. The summed E-state index contributed by atoms with van der Waals surface area (Å²) in [5.74, 6) is -1.44. The van der Waals surface area contributed by atoms with E-state index in [1.807, 2.05) is 0 Å². The molecule has 0 radical (unpaired) electrons. The molecular weight excluding hydrogens is 368 g/mol. The van der Waals surface area contributed by atoms with Crippen LogP contribution in [0.3, 0.4) is 0 Å². The number of amides is 1. The topological polar surface area (TPSA) is 137 Å². The number of halogens is 1. The van der Waals surface area contributed by atoms with Crippen molar-refractivity contribution in [1.82, 2.24) is 25.4 Å². The predicted octanol–water partition coefficient (Wildman–Crippen LogP) is 1.89. The van der Waals surface area contributed by atoms with Gasteiger partial charge in [-0.2, -0.15) is 20.4 Å². The summed E-state index contributed by atoms with van der Waals surface area (Å²) in [5, 5.41) is 23.0. The van der Waals surface area contributed by atoms with Crippen molar-refractivity contribution in [1.29, 1.82) is 0 Å². The third-order valence-electron chi connectivity index (χ3n) is 3.22. The number of aromatic nitrogens is 5. The molecule has 0 aliphatic heterocycles. The Balaban J connectivity index is 1.87. The van der Waals surface area contributed by atoms with Crippen molar-refractivity contribution in [3.8, 4) is 17.1 Å². The minimum Gasteiger partial charge on any atom is -0.493 e. The lowest BCUT2D eigenvalue weighted by atomic mass is 10.1. The molecule has 0 saturated carbocycles. The van der Waals surface area contributed by atoms with E-state index in [0.717, 1.165) is 11.8 Å². The van der Waals surface area contributed by atoms with E-state index >= 15 is 0 Å². The zero-order valence-electron chi connectivity index (χ0n) is 12.7. The Kier molecular flexibility index (Phi) is 4.72. The summed E-state index contributed by atoms with van der Waals surface area (Å²) in [6.45, 7) is 0. The summed E-state index contributed by atoms with van der Waals surface area (Å²) in [4.78, 5) is 30.4. The van der Waals surface area contributed by atoms with Crippen LogP contribution >= 0.6 is 23.4 Å². The molecule has 0 fully saturated rings. The molecule has 1 amide bonds. The number of nitrogens with one attached hydrogen (secondary N) is 3. The fourth-order valence-electron chi connectivity index (χ4n) is 2.07. The molecule has 3 aromatic rings. The molecule has 11 heteroatoms. The first kappa shape index (κ1) is 17.0. The minimum absolute atomic E-state index is 0.207. The summed E-state index contributed by atoms with van der Waals surface area (Å²) in [5.41, 5.74) is 0.304. The fourth-order valence-corrected chi connectivity index (χ4v) is 2.72. The van der Waals surface area contributed by atoms with Crippen molar-refractivity contribution in [3.05, 3.63) is 45.3 Å². The lowest BCUT2D eigenvalue weighted by Crippen LogP contribution is -2.24. The maximum Gasteiger partial charge on any atom is 0.268 e. The third kappa shape index (κ3) is 3.49. The van der Waals surface area contributed by atoms with Gasteiger partial charge in [-0.25, -0.2) is 0 Å². The first-order valence-corrected chi connectivity index (χ1v) is 8.44. The zero-order valence-corrected chi connectivity index (χ0v) is 14.3. The Labute approximate surface area is 149 Å². The molecule has 9 nitrogen and oxygen atoms in total. The van der Waals surface area contributed by atoms with Crippen molar-refractivity contribution in [3.63, 3.8) is 0 Å². The molecule has 0 saturated heterocycles. The van der Waals surface area contributed by atoms with Crippen molar-refractivity contribution >= 4 is 35.0 Å². The van der Waals surface area contributed by atoms with Crippen LogP contribution in [0.4, 0.5) is 5.69 Å². The molecule has 0 unspecified atom stereocenters. The second kappa shape index (κ2) is 6.95. The largest absolute Gasteiger partial charge is 0.493 e.